The fourth-order valence-corrected chi connectivity index (χ4v) is 4.39. The van der Waals surface area contributed by atoms with Crippen molar-refractivity contribution in [1.82, 2.24) is 15.2 Å². The van der Waals surface area contributed by atoms with Gasteiger partial charge < -0.3 is 39.5 Å². The monoisotopic (exact) mass is 552 g/mol. The summed E-state index contributed by atoms with van der Waals surface area (Å²) in [5, 5.41) is 3.10. The second kappa shape index (κ2) is 13.4. The number of methoxy groups -OCH3 is 5. The standard InChI is InChI=1S/C25H33ClN4O8/c1-33-18-7-6-14(21(35-3)22(18)36-4)13-38-20(31)12-30-9-8-17(19(11-30)34-2)28-24(32)15-10-16(26)23(27)29-25(15)37-5/h6-7,10,17,19H,8-9,11-13H2,1-5H3,(H2,27,29)(H,28,32)/t17-,19+/m0/s1. The van der Waals surface area contributed by atoms with Gasteiger partial charge in [0.05, 0.1) is 52.2 Å². The zero-order chi connectivity index (χ0) is 27.8. The van der Waals surface area contributed by atoms with E-state index in [2.05, 4.69) is 10.3 Å². The van der Waals surface area contributed by atoms with Gasteiger partial charge in [0.1, 0.15) is 18.0 Å². The maximum atomic E-state index is 12.9. The number of nitrogens with one attached hydrogen (secondary N) is 1. The average molecular weight is 553 g/mol. The summed E-state index contributed by atoms with van der Waals surface area (Å²) in [7, 11) is 7.48. The Labute approximate surface area is 226 Å². The number of halogens is 1. The van der Waals surface area contributed by atoms with Gasteiger partial charge in [0, 0.05) is 25.8 Å². The number of anilines is 1. The number of carbonyl (C=O) groups excluding carboxylic acids is 2. The lowest BCUT2D eigenvalue weighted by atomic mass is 10.0. The Balaban J connectivity index is 1.57. The first-order chi connectivity index (χ1) is 18.3. The van der Waals surface area contributed by atoms with Crippen molar-refractivity contribution >= 4 is 29.3 Å². The van der Waals surface area contributed by atoms with Gasteiger partial charge in [0.15, 0.2) is 11.5 Å². The normalized spacial score (nSPS) is 17.4. The minimum Gasteiger partial charge on any atom is -0.493 e. The Morgan fingerprint density at radius 1 is 1.11 bits per heavy atom. The third kappa shape index (κ3) is 6.69. The molecule has 1 aromatic heterocycles. The van der Waals surface area contributed by atoms with Crippen molar-refractivity contribution in [3.05, 3.63) is 34.3 Å². The van der Waals surface area contributed by atoms with Crippen LogP contribution in [-0.4, -0.2) is 89.1 Å². The molecule has 208 valence electrons. The molecule has 0 radical (unpaired) electrons. The minimum atomic E-state index is -0.417. The molecule has 1 aliphatic heterocycles. The molecule has 38 heavy (non-hydrogen) atoms. The van der Waals surface area contributed by atoms with Crippen LogP contribution in [0.2, 0.25) is 5.02 Å². The Bertz CT molecular complexity index is 1150. The van der Waals surface area contributed by atoms with E-state index >= 15 is 0 Å². The first-order valence-corrected chi connectivity index (χ1v) is 12.1. The largest absolute Gasteiger partial charge is 0.493 e. The molecule has 13 heteroatoms. The number of ether oxygens (including phenoxy) is 6. The maximum Gasteiger partial charge on any atom is 0.320 e. The van der Waals surface area contributed by atoms with Gasteiger partial charge in [-0.1, -0.05) is 11.6 Å². The van der Waals surface area contributed by atoms with Gasteiger partial charge in [-0.15, -0.1) is 0 Å². The summed E-state index contributed by atoms with van der Waals surface area (Å²) in [5.41, 5.74) is 6.51. The van der Waals surface area contributed by atoms with E-state index in [-0.39, 0.29) is 47.6 Å². The van der Waals surface area contributed by atoms with E-state index in [1.54, 1.807) is 19.2 Å². The third-order valence-corrected chi connectivity index (χ3v) is 6.50. The molecule has 1 aromatic carbocycles. The van der Waals surface area contributed by atoms with Crippen LogP contribution in [-0.2, 0) is 20.9 Å². The summed E-state index contributed by atoms with van der Waals surface area (Å²) in [6, 6.07) is 4.58. The van der Waals surface area contributed by atoms with E-state index in [0.717, 1.165) is 0 Å². The van der Waals surface area contributed by atoms with Crippen LogP contribution < -0.4 is 30.0 Å². The molecule has 0 spiro atoms. The summed E-state index contributed by atoms with van der Waals surface area (Å²) >= 11 is 6.05. The van der Waals surface area contributed by atoms with Crippen LogP contribution in [0.5, 0.6) is 23.1 Å². The van der Waals surface area contributed by atoms with Crippen LogP contribution in [0.1, 0.15) is 22.3 Å². The quantitative estimate of drug-likeness (QED) is 0.394. The summed E-state index contributed by atoms with van der Waals surface area (Å²) in [6.07, 6.45) is 0.175. The molecule has 3 rings (SSSR count). The van der Waals surface area contributed by atoms with E-state index in [4.69, 9.17) is 45.8 Å². The summed E-state index contributed by atoms with van der Waals surface area (Å²) in [6.45, 7) is 1.01. The first kappa shape index (κ1) is 29.1. The Hall–Kier alpha value is -3.48. The fraction of sp³-hybridized carbons (Fsp3) is 0.480. The van der Waals surface area contributed by atoms with Crippen LogP contribution in [0.3, 0.4) is 0 Å². The van der Waals surface area contributed by atoms with Crippen molar-refractivity contribution in [2.75, 3.05) is 60.9 Å². The number of likely N-dealkylation sites (tertiary alicyclic amines) is 1. The number of pyridine rings is 1. The van der Waals surface area contributed by atoms with Gasteiger partial charge in [-0.05, 0) is 24.6 Å². The molecule has 2 heterocycles. The molecular weight excluding hydrogens is 520 g/mol. The van der Waals surface area contributed by atoms with Gasteiger partial charge in [-0.3, -0.25) is 14.5 Å². The smallest absolute Gasteiger partial charge is 0.320 e. The average Bonchev–Trinajstić information content (AvgIpc) is 2.92. The van der Waals surface area contributed by atoms with Crippen molar-refractivity contribution in [2.45, 2.75) is 25.2 Å². The zero-order valence-electron chi connectivity index (χ0n) is 22.0. The van der Waals surface area contributed by atoms with Crippen molar-refractivity contribution in [2.24, 2.45) is 0 Å². The predicted octanol–water partition coefficient (Wildman–Crippen LogP) is 1.91. The van der Waals surface area contributed by atoms with Crippen LogP contribution in [0.4, 0.5) is 5.82 Å². The number of carbonyl (C=O) groups is 2. The van der Waals surface area contributed by atoms with E-state index in [1.165, 1.54) is 34.5 Å². The van der Waals surface area contributed by atoms with Gasteiger partial charge in [-0.2, -0.15) is 4.98 Å². The maximum absolute atomic E-state index is 12.9. The van der Waals surface area contributed by atoms with E-state index < -0.39 is 11.9 Å². The molecule has 1 saturated heterocycles. The SMILES string of the molecule is COc1ccc(COC(=O)CN2CC[C@H](NC(=O)c3cc(Cl)c(N)nc3OC)[C@H](OC)C2)c(OC)c1OC. The number of piperidine rings is 1. The van der Waals surface area contributed by atoms with Crippen molar-refractivity contribution in [3.63, 3.8) is 0 Å². The van der Waals surface area contributed by atoms with Crippen molar-refractivity contribution in [3.8, 4) is 23.1 Å². The lowest BCUT2D eigenvalue weighted by molar-refractivity contribution is -0.147. The Morgan fingerprint density at radius 2 is 1.84 bits per heavy atom. The lowest BCUT2D eigenvalue weighted by Crippen LogP contribution is -2.55. The molecule has 0 aliphatic carbocycles. The second-order valence-corrected chi connectivity index (χ2v) is 8.85. The number of hydrogen-bond donors (Lipinski definition) is 2. The highest BCUT2D eigenvalue weighted by atomic mass is 35.5. The Kier molecular flexibility index (Phi) is 10.2. The van der Waals surface area contributed by atoms with Gasteiger partial charge in [0.2, 0.25) is 11.6 Å². The van der Waals surface area contributed by atoms with Crippen LogP contribution >= 0.6 is 11.6 Å². The number of esters is 1. The van der Waals surface area contributed by atoms with Crippen molar-refractivity contribution in [1.29, 1.82) is 0 Å². The molecule has 1 fully saturated rings. The van der Waals surface area contributed by atoms with Gasteiger partial charge in [0.25, 0.3) is 5.91 Å². The minimum absolute atomic E-state index is 0.00259. The highest BCUT2D eigenvalue weighted by Gasteiger charge is 2.32. The van der Waals surface area contributed by atoms with Crippen LogP contribution in [0.15, 0.2) is 18.2 Å². The molecule has 12 nitrogen and oxygen atoms in total. The van der Waals surface area contributed by atoms with Crippen LogP contribution in [0.25, 0.3) is 0 Å². The third-order valence-electron chi connectivity index (χ3n) is 6.20. The van der Waals surface area contributed by atoms with Crippen molar-refractivity contribution < 1.29 is 38.0 Å². The molecule has 0 unspecified atom stereocenters. The molecule has 1 amide bonds. The van der Waals surface area contributed by atoms with E-state index in [9.17, 15) is 9.59 Å². The number of hydrogen-bond acceptors (Lipinski definition) is 11. The van der Waals surface area contributed by atoms with Crippen LogP contribution in [0, 0.1) is 0 Å². The predicted molar refractivity (Wildman–Crippen MR) is 139 cm³/mol. The van der Waals surface area contributed by atoms with E-state index in [1.807, 2.05) is 4.90 Å². The summed E-state index contributed by atoms with van der Waals surface area (Å²) in [5.74, 6) is 0.681. The molecule has 0 bridgehead atoms. The number of aromatic nitrogens is 1. The van der Waals surface area contributed by atoms with Gasteiger partial charge >= 0.3 is 5.97 Å². The highest BCUT2D eigenvalue weighted by molar-refractivity contribution is 6.33. The molecular formula is C25H33ClN4O8. The number of nitrogen functional groups attached to an aromatic ring is 1. The summed E-state index contributed by atoms with van der Waals surface area (Å²) in [4.78, 5) is 31.5. The lowest BCUT2D eigenvalue weighted by Gasteiger charge is -2.37. The van der Waals surface area contributed by atoms with E-state index in [0.29, 0.717) is 42.3 Å². The number of benzene rings is 1. The molecule has 2 atom stereocenters. The molecule has 0 saturated carbocycles. The Morgan fingerprint density at radius 3 is 2.47 bits per heavy atom. The number of nitrogens with two attached hydrogens (primary N) is 1. The first-order valence-electron chi connectivity index (χ1n) is 11.8. The molecule has 3 N–H and O–H groups in total. The zero-order valence-corrected chi connectivity index (χ0v) is 22.8. The topological polar surface area (TPSA) is 144 Å². The highest BCUT2D eigenvalue weighted by Crippen LogP contribution is 2.40. The number of nitrogens with zero attached hydrogens (tertiary/aromatic N) is 2. The number of rotatable bonds is 11. The number of amides is 1. The van der Waals surface area contributed by atoms with Gasteiger partial charge in [-0.25, -0.2) is 0 Å². The molecule has 1 aliphatic rings. The second-order valence-electron chi connectivity index (χ2n) is 8.44. The fourth-order valence-electron chi connectivity index (χ4n) is 4.24. The molecule has 2 aromatic rings. The summed E-state index contributed by atoms with van der Waals surface area (Å²) < 4.78 is 32.4.